The second kappa shape index (κ2) is 9.91. The Hall–Kier alpha value is -4.04. The molecule has 3 aromatic carbocycles. The number of nitrogens with one attached hydrogen (secondary N) is 3. The van der Waals surface area contributed by atoms with Crippen LogP contribution >= 0.6 is 0 Å². The van der Waals surface area contributed by atoms with Crippen LogP contribution in [-0.4, -0.2) is 53.3 Å². The number of phenolic OH excluding ortho intramolecular Hbond substituents is 1. The van der Waals surface area contributed by atoms with Gasteiger partial charge in [0.2, 0.25) is 0 Å². The Bertz CT molecular complexity index is 1480. The van der Waals surface area contributed by atoms with E-state index in [9.17, 15) is 14.7 Å². The van der Waals surface area contributed by atoms with Gasteiger partial charge in [-0.15, -0.1) is 0 Å². The van der Waals surface area contributed by atoms with Crippen LogP contribution < -0.4 is 5.32 Å². The third-order valence-corrected chi connectivity index (χ3v) is 6.42. The molecule has 4 N–H and O–H groups in total. The second-order valence-corrected chi connectivity index (χ2v) is 8.74. The monoisotopic (exact) mass is 487 g/mol. The van der Waals surface area contributed by atoms with Crippen molar-refractivity contribution in [1.29, 1.82) is 0 Å². The topological polar surface area (TPSA) is 116 Å². The maximum Gasteiger partial charge on any atom is 0.338 e. The second-order valence-electron chi connectivity index (χ2n) is 8.74. The first-order valence-electron chi connectivity index (χ1n) is 12.3. The number of rotatable bonds is 4. The molecule has 1 fully saturated rings. The Morgan fingerprint density at radius 1 is 0.750 bits per heavy atom. The summed E-state index contributed by atoms with van der Waals surface area (Å²) in [6.07, 6.45) is 2.78. The van der Waals surface area contributed by atoms with Crippen LogP contribution in [0.25, 0.3) is 43.6 Å². The zero-order valence-corrected chi connectivity index (χ0v) is 20.4. The normalized spacial score (nSPS) is 13.3. The standard InChI is InChI=1S/C24H20N2O5.C4H9N/c1-3-30-23(28)12-5-7-18-14(9-12)16-11-17-15-10-13(24(29)31-4-2)6-8-19(15)26-21(17)22(27)20(16)25-18;1-2-4-5-3-1/h5-11,25-27H,3-4H2,1-2H3;5H,1-4H2. The summed E-state index contributed by atoms with van der Waals surface area (Å²) in [5, 5.41) is 17.4. The molecule has 2 aromatic heterocycles. The average molecular weight is 488 g/mol. The average Bonchev–Trinajstić information content (AvgIpc) is 3.64. The van der Waals surface area contributed by atoms with Crippen molar-refractivity contribution in [3.8, 4) is 5.75 Å². The molecule has 1 aliphatic heterocycles. The molecule has 0 bridgehead atoms. The molecule has 5 aromatic rings. The summed E-state index contributed by atoms with van der Waals surface area (Å²) in [7, 11) is 0. The Kier molecular flexibility index (Phi) is 6.52. The zero-order valence-electron chi connectivity index (χ0n) is 20.4. The first kappa shape index (κ1) is 23.7. The van der Waals surface area contributed by atoms with Gasteiger partial charge in [0, 0.05) is 32.6 Å². The lowest BCUT2D eigenvalue weighted by Crippen LogP contribution is -2.04. The molecule has 6 rings (SSSR count). The highest BCUT2D eigenvalue weighted by atomic mass is 16.5. The maximum absolute atomic E-state index is 12.2. The van der Waals surface area contributed by atoms with E-state index >= 15 is 0 Å². The molecule has 8 heteroatoms. The van der Waals surface area contributed by atoms with Crippen molar-refractivity contribution in [3.05, 3.63) is 53.6 Å². The molecular weight excluding hydrogens is 458 g/mol. The number of phenols is 1. The first-order chi connectivity index (χ1) is 17.5. The Morgan fingerprint density at radius 3 is 1.61 bits per heavy atom. The van der Waals surface area contributed by atoms with Gasteiger partial charge in [-0.2, -0.15) is 0 Å². The molecule has 8 nitrogen and oxygen atoms in total. The van der Waals surface area contributed by atoms with E-state index in [0.717, 1.165) is 32.6 Å². The number of carbonyl (C=O) groups excluding carboxylic acids is 2. The summed E-state index contributed by atoms with van der Waals surface area (Å²) in [6.45, 7) is 6.62. The van der Waals surface area contributed by atoms with Gasteiger partial charge in [-0.1, -0.05) is 0 Å². The van der Waals surface area contributed by atoms with E-state index in [1.807, 2.05) is 6.07 Å². The highest BCUT2D eigenvalue weighted by Crippen LogP contribution is 2.40. The lowest BCUT2D eigenvalue weighted by atomic mass is 10.0. The van der Waals surface area contributed by atoms with E-state index in [4.69, 9.17) is 9.47 Å². The van der Waals surface area contributed by atoms with Crippen LogP contribution in [0.15, 0.2) is 42.5 Å². The van der Waals surface area contributed by atoms with Gasteiger partial charge in [-0.25, -0.2) is 9.59 Å². The number of hydrogen-bond acceptors (Lipinski definition) is 6. The minimum absolute atomic E-state index is 0.0790. The predicted octanol–water partition coefficient (Wildman–Crippen LogP) is 5.38. The summed E-state index contributed by atoms with van der Waals surface area (Å²) in [6, 6.07) is 12.5. The van der Waals surface area contributed by atoms with Gasteiger partial charge in [-0.3, -0.25) is 0 Å². The van der Waals surface area contributed by atoms with Gasteiger partial charge < -0.3 is 29.9 Å². The van der Waals surface area contributed by atoms with Crippen molar-refractivity contribution >= 4 is 55.6 Å². The molecule has 1 saturated heterocycles. The quantitative estimate of drug-likeness (QED) is 0.253. The predicted molar refractivity (Wildman–Crippen MR) is 141 cm³/mol. The van der Waals surface area contributed by atoms with E-state index in [0.29, 0.717) is 35.4 Å². The largest absolute Gasteiger partial charge is 0.504 e. The van der Waals surface area contributed by atoms with Crippen LogP contribution in [0.1, 0.15) is 47.4 Å². The van der Waals surface area contributed by atoms with Gasteiger partial charge >= 0.3 is 11.9 Å². The van der Waals surface area contributed by atoms with E-state index in [2.05, 4.69) is 15.3 Å². The molecule has 0 amide bonds. The Morgan fingerprint density at radius 2 is 1.22 bits per heavy atom. The van der Waals surface area contributed by atoms with Crippen molar-refractivity contribution in [2.75, 3.05) is 26.3 Å². The molecule has 0 atom stereocenters. The summed E-state index contributed by atoms with van der Waals surface area (Å²) in [5.41, 5.74) is 3.61. The van der Waals surface area contributed by atoms with Crippen LogP contribution in [0.4, 0.5) is 0 Å². The zero-order chi connectivity index (χ0) is 25.2. The number of aromatic amines is 2. The highest BCUT2D eigenvalue weighted by molar-refractivity contribution is 6.21. The first-order valence-corrected chi connectivity index (χ1v) is 12.3. The molecule has 36 heavy (non-hydrogen) atoms. The fraction of sp³-hybridized carbons (Fsp3) is 0.286. The molecule has 0 saturated carbocycles. The number of fused-ring (bicyclic) bond motifs is 6. The fourth-order valence-electron chi connectivity index (χ4n) is 4.68. The van der Waals surface area contributed by atoms with Gasteiger partial charge in [0.15, 0.2) is 5.75 Å². The number of ether oxygens (including phenoxy) is 2. The van der Waals surface area contributed by atoms with Crippen molar-refractivity contribution in [2.45, 2.75) is 26.7 Å². The SMILES string of the molecule is C1CCNC1.CCOC(=O)c1ccc2[nH]c3c(O)c4[nH]c5ccc(C(=O)OCC)cc5c4cc3c2c1. The molecule has 0 radical (unpaired) electrons. The number of aromatic hydroxyl groups is 1. The fourth-order valence-corrected chi connectivity index (χ4v) is 4.68. The molecule has 186 valence electrons. The molecule has 3 heterocycles. The summed E-state index contributed by atoms with van der Waals surface area (Å²) >= 11 is 0. The summed E-state index contributed by atoms with van der Waals surface area (Å²) in [5.74, 6) is -0.708. The van der Waals surface area contributed by atoms with Gasteiger partial charge in [-0.05, 0) is 82.2 Å². The van der Waals surface area contributed by atoms with Crippen LogP contribution in [0.3, 0.4) is 0 Å². The number of hydrogen-bond donors (Lipinski definition) is 4. The minimum atomic E-state index is -0.393. The smallest absolute Gasteiger partial charge is 0.338 e. The van der Waals surface area contributed by atoms with Crippen LogP contribution in [0, 0.1) is 0 Å². The number of carbonyl (C=O) groups is 2. The number of benzene rings is 3. The van der Waals surface area contributed by atoms with Crippen molar-refractivity contribution in [3.63, 3.8) is 0 Å². The lowest BCUT2D eigenvalue weighted by Gasteiger charge is -2.02. The van der Waals surface area contributed by atoms with E-state index in [1.165, 1.54) is 25.9 Å². The molecule has 0 aliphatic carbocycles. The highest BCUT2D eigenvalue weighted by Gasteiger charge is 2.18. The van der Waals surface area contributed by atoms with E-state index < -0.39 is 11.9 Å². The van der Waals surface area contributed by atoms with Gasteiger partial charge in [0.05, 0.1) is 35.4 Å². The van der Waals surface area contributed by atoms with Crippen LogP contribution in [0.2, 0.25) is 0 Å². The third-order valence-electron chi connectivity index (χ3n) is 6.42. The van der Waals surface area contributed by atoms with E-state index in [-0.39, 0.29) is 5.75 Å². The maximum atomic E-state index is 12.2. The molecular formula is C28H29N3O5. The molecule has 1 aliphatic rings. The minimum Gasteiger partial charge on any atom is -0.504 e. The van der Waals surface area contributed by atoms with Gasteiger partial charge in [0.25, 0.3) is 0 Å². The third kappa shape index (κ3) is 4.24. The van der Waals surface area contributed by atoms with Crippen LogP contribution in [0.5, 0.6) is 5.75 Å². The van der Waals surface area contributed by atoms with Crippen LogP contribution in [-0.2, 0) is 9.47 Å². The molecule has 0 spiro atoms. The summed E-state index contributed by atoms with van der Waals surface area (Å²) < 4.78 is 10.2. The Labute approximate surface area is 207 Å². The van der Waals surface area contributed by atoms with Crippen molar-refractivity contribution < 1.29 is 24.2 Å². The molecule has 0 unspecified atom stereocenters. The lowest BCUT2D eigenvalue weighted by molar-refractivity contribution is 0.0517. The number of aromatic nitrogens is 2. The summed E-state index contributed by atoms with van der Waals surface area (Å²) in [4.78, 5) is 30.8. The van der Waals surface area contributed by atoms with Crippen molar-refractivity contribution in [2.24, 2.45) is 0 Å². The van der Waals surface area contributed by atoms with Gasteiger partial charge in [0.1, 0.15) is 0 Å². The number of H-pyrrole nitrogens is 2. The number of esters is 2. The van der Waals surface area contributed by atoms with E-state index in [1.54, 1.807) is 50.2 Å². The Balaban J connectivity index is 0.000000477. The van der Waals surface area contributed by atoms with Crippen molar-refractivity contribution in [1.82, 2.24) is 15.3 Å².